The fourth-order valence-corrected chi connectivity index (χ4v) is 13.8. The van der Waals surface area contributed by atoms with Gasteiger partial charge in [0.1, 0.15) is 0 Å². The third-order valence-corrected chi connectivity index (χ3v) is 17.6. The molecule has 9 rings (SSSR count). The largest absolute Gasteiger partial charge is 0.453 e. The summed E-state index contributed by atoms with van der Waals surface area (Å²) in [5.74, 6) is -2.78. The Kier molecular flexibility index (Phi) is 13.5. The van der Waals surface area contributed by atoms with Crippen LogP contribution in [-0.2, 0) is 43.0 Å². The molecule has 0 radical (unpaired) electrons. The number of amides is 3. The lowest BCUT2D eigenvalue weighted by Crippen LogP contribution is -2.80. The first-order chi connectivity index (χ1) is 29.4. The average molecular weight is 957 g/mol. The minimum Gasteiger partial charge on any atom is -0.453 e. The van der Waals surface area contributed by atoms with Gasteiger partial charge in [-0.15, -0.1) is 11.6 Å². The SMILES string of the molecule is CC[C@H]1C(=O)N[C@@]2([C@@H](O)C3CCCCC3)C(=O)O[C@@]12C.C[C@@]12OC(=O)[C@]1([C@@H](O)C1CCCCC1)NC(=O)[C@@H]2CCBr.C[C@@]12OC(=O)[C@]1([C@@H](O)C1CCCCC1)NC(=O)[C@@H]2CCCl. The van der Waals surface area contributed by atoms with Crippen LogP contribution >= 0.6 is 27.5 Å². The molecule has 62 heavy (non-hydrogen) atoms. The highest BCUT2D eigenvalue weighted by atomic mass is 79.9. The number of aliphatic hydroxyl groups excluding tert-OH is 3. The first-order valence-corrected chi connectivity index (χ1v) is 24.9. The number of alkyl halides is 2. The van der Waals surface area contributed by atoms with Crippen molar-refractivity contribution >= 4 is 63.2 Å². The van der Waals surface area contributed by atoms with Crippen LogP contribution in [0.3, 0.4) is 0 Å². The van der Waals surface area contributed by atoms with Gasteiger partial charge in [-0.3, -0.25) is 14.4 Å². The number of fused-ring (bicyclic) bond motifs is 3. The van der Waals surface area contributed by atoms with Gasteiger partial charge in [0.05, 0.1) is 36.1 Å². The Bertz CT molecular complexity index is 1690. The summed E-state index contributed by atoms with van der Waals surface area (Å²) < 4.78 is 16.1. The highest BCUT2D eigenvalue weighted by molar-refractivity contribution is 9.09. The van der Waals surface area contributed by atoms with Crippen LogP contribution < -0.4 is 16.0 Å². The lowest BCUT2D eigenvalue weighted by Gasteiger charge is -2.55. The molecule has 348 valence electrons. The summed E-state index contributed by atoms with van der Waals surface area (Å²) in [7, 11) is 0. The first kappa shape index (κ1) is 47.4. The number of ether oxygens (including phenoxy) is 3. The summed E-state index contributed by atoms with van der Waals surface area (Å²) in [4.78, 5) is 73.2. The van der Waals surface area contributed by atoms with Crippen molar-refractivity contribution in [3.8, 4) is 0 Å². The molecule has 12 atom stereocenters. The fourth-order valence-electron chi connectivity index (χ4n) is 13.2. The predicted molar refractivity (Wildman–Crippen MR) is 228 cm³/mol. The summed E-state index contributed by atoms with van der Waals surface area (Å²) in [5, 5.41) is 41.5. The molecular formula is C45H67BrClN3O12. The van der Waals surface area contributed by atoms with Gasteiger partial charge in [0, 0.05) is 11.2 Å². The van der Waals surface area contributed by atoms with Crippen molar-refractivity contribution in [3.63, 3.8) is 0 Å². The molecule has 0 aromatic rings. The Morgan fingerprint density at radius 2 is 0.839 bits per heavy atom. The van der Waals surface area contributed by atoms with E-state index in [1.165, 1.54) is 19.3 Å². The van der Waals surface area contributed by atoms with Crippen molar-refractivity contribution in [2.45, 2.75) is 195 Å². The van der Waals surface area contributed by atoms with Gasteiger partial charge in [-0.2, -0.15) is 0 Å². The standard InChI is InChI=1S/C15H22BrNO4.C15H22ClNO4.C15H23NO4/c2*1-14-10(7-8-16)12(19)17-15(14,13(20)21-14)11(18)9-5-3-2-4-6-9;1-3-10-12(18)16-15(13(19)20-14(10,15)2)11(17)9-7-5-4-6-8-9/h2*9-11,18H,2-8H2,1H3,(H,17,19);9-11,17H,3-8H2,1-2H3,(H,16,18)/t3*10-,11-,14-,15-/m000/s1. The van der Waals surface area contributed by atoms with E-state index < -0.39 is 81.5 Å². The molecule has 0 bridgehead atoms. The molecule has 9 fully saturated rings. The minimum absolute atomic E-state index is 0.0426. The van der Waals surface area contributed by atoms with Crippen LogP contribution in [-0.4, -0.2) is 114 Å². The lowest BCUT2D eigenvalue weighted by atomic mass is 9.64. The van der Waals surface area contributed by atoms with Crippen molar-refractivity contribution in [1.29, 1.82) is 0 Å². The van der Waals surface area contributed by atoms with Crippen molar-refractivity contribution in [1.82, 2.24) is 16.0 Å². The van der Waals surface area contributed by atoms with Gasteiger partial charge in [0.2, 0.25) is 34.3 Å². The number of nitrogens with one attached hydrogen (secondary N) is 3. The van der Waals surface area contributed by atoms with E-state index in [1.54, 1.807) is 20.8 Å². The maximum atomic E-state index is 12.3. The van der Waals surface area contributed by atoms with E-state index in [4.69, 9.17) is 25.8 Å². The van der Waals surface area contributed by atoms with Crippen molar-refractivity contribution in [2.24, 2.45) is 35.5 Å². The van der Waals surface area contributed by atoms with Crippen molar-refractivity contribution < 1.29 is 58.3 Å². The van der Waals surface area contributed by atoms with Crippen LogP contribution in [0.4, 0.5) is 0 Å². The minimum atomic E-state index is -1.27. The zero-order valence-corrected chi connectivity index (χ0v) is 39.0. The monoisotopic (exact) mass is 955 g/mol. The molecule has 0 unspecified atom stereocenters. The second-order valence-corrected chi connectivity index (χ2v) is 21.1. The van der Waals surface area contributed by atoms with Gasteiger partial charge in [-0.25, -0.2) is 14.4 Å². The van der Waals surface area contributed by atoms with Gasteiger partial charge >= 0.3 is 17.9 Å². The topological polar surface area (TPSA) is 227 Å². The fraction of sp³-hybridized carbons (Fsp3) is 0.867. The molecule has 0 aromatic heterocycles. The summed E-state index contributed by atoms with van der Waals surface area (Å²) in [6, 6.07) is 0. The Balaban J connectivity index is 0.000000140. The van der Waals surface area contributed by atoms with Gasteiger partial charge in [-0.1, -0.05) is 80.6 Å². The van der Waals surface area contributed by atoms with Gasteiger partial charge in [0.15, 0.2) is 16.8 Å². The summed E-state index contributed by atoms with van der Waals surface area (Å²) in [6.45, 7) is 7.22. The molecular weight excluding hydrogens is 890 g/mol. The lowest BCUT2D eigenvalue weighted by molar-refractivity contribution is -0.241. The zero-order valence-electron chi connectivity index (χ0n) is 36.6. The Morgan fingerprint density at radius 3 is 1.11 bits per heavy atom. The highest BCUT2D eigenvalue weighted by Gasteiger charge is 2.81. The highest BCUT2D eigenvalue weighted by Crippen LogP contribution is 2.56. The number of esters is 3. The summed E-state index contributed by atoms with van der Waals surface area (Å²) in [6.07, 6.45) is 14.4. The summed E-state index contributed by atoms with van der Waals surface area (Å²) in [5.41, 5.74) is -6.53. The quantitative estimate of drug-likeness (QED) is 0.0982. The van der Waals surface area contributed by atoms with E-state index in [9.17, 15) is 44.1 Å². The van der Waals surface area contributed by atoms with Crippen LogP contribution in [0.2, 0.25) is 0 Å². The molecule has 17 heteroatoms. The number of hydrogen-bond donors (Lipinski definition) is 6. The Hall–Kier alpha value is -2.53. The molecule has 6 heterocycles. The van der Waals surface area contributed by atoms with Crippen molar-refractivity contribution in [3.05, 3.63) is 0 Å². The zero-order chi connectivity index (χ0) is 45.0. The number of aliphatic hydroxyl groups is 3. The number of hydrogen-bond acceptors (Lipinski definition) is 12. The van der Waals surface area contributed by atoms with E-state index in [0.717, 1.165) is 77.0 Å². The van der Waals surface area contributed by atoms with Gasteiger partial charge in [-0.05, 0) is 96.3 Å². The third-order valence-electron chi connectivity index (χ3n) is 17.0. The van der Waals surface area contributed by atoms with E-state index in [2.05, 4.69) is 31.9 Å². The maximum Gasteiger partial charge on any atom is 0.339 e. The third kappa shape index (κ3) is 6.77. The van der Waals surface area contributed by atoms with E-state index in [-0.39, 0.29) is 41.4 Å². The van der Waals surface area contributed by atoms with Crippen LogP contribution in [0.25, 0.3) is 0 Å². The molecule has 6 saturated heterocycles. The number of carbonyl (C=O) groups is 6. The van der Waals surface area contributed by atoms with Gasteiger partial charge in [0.25, 0.3) is 0 Å². The van der Waals surface area contributed by atoms with E-state index in [1.807, 2.05) is 6.92 Å². The van der Waals surface area contributed by atoms with Crippen LogP contribution in [0.5, 0.6) is 0 Å². The molecule has 6 N–H and O–H groups in total. The molecule has 3 saturated carbocycles. The molecule has 3 amide bonds. The molecule has 0 aromatic carbocycles. The van der Waals surface area contributed by atoms with E-state index >= 15 is 0 Å². The average Bonchev–Trinajstić information content (AvgIpc) is 3.65. The maximum absolute atomic E-state index is 12.3. The van der Waals surface area contributed by atoms with Gasteiger partial charge < -0.3 is 45.5 Å². The number of halogens is 2. The second-order valence-electron chi connectivity index (χ2n) is 19.9. The van der Waals surface area contributed by atoms with Crippen molar-refractivity contribution in [2.75, 3.05) is 11.2 Å². The smallest absolute Gasteiger partial charge is 0.339 e. The normalized spacial score (nSPS) is 41.5. The first-order valence-electron chi connectivity index (χ1n) is 23.2. The number of rotatable bonds is 11. The van der Waals surface area contributed by atoms with Crippen LogP contribution in [0.1, 0.15) is 143 Å². The van der Waals surface area contributed by atoms with E-state index in [0.29, 0.717) is 30.5 Å². The molecule has 6 aliphatic heterocycles. The summed E-state index contributed by atoms with van der Waals surface area (Å²) >= 11 is 9.12. The molecule has 9 aliphatic rings. The second kappa shape index (κ2) is 17.7. The number of carbonyl (C=O) groups excluding carboxylic acids is 6. The molecule has 0 spiro atoms. The van der Waals surface area contributed by atoms with Crippen LogP contribution in [0.15, 0.2) is 0 Å². The predicted octanol–water partition coefficient (Wildman–Crippen LogP) is 4.01. The van der Waals surface area contributed by atoms with Crippen LogP contribution in [0, 0.1) is 35.5 Å². The molecule has 3 aliphatic carbocycles. The molecule has 15 nitrogen and oxygen atoms in total. The Labute approximate surface area is 377 Å². The Morgan fingerprint density at radius 1 is 0.548 bits per heavy atom.